The van der Waals surface area contributed by atoms with E-state index in [1.54, 1.807) is 12.1 Å². The number of piperidine rings is 1. The number of nitrogens with zero attached hydrogens (tertiary/aromatic N) is 1. The van der Waals surface area contributed by atoms with Crippen LogP contribution in [-0.4, -0.2) is 49.5 Å². The van der Waals surface area contributed by atoms with Gasteiger partial charge in [0.05, 0.1) is 19.8 Å². The van der Waals surface area contributed by atoms with E-state index >= 15 is 0 Å². The van der Waals surface area contributed by atoms with Crippen molar-refractivity contribution in [3.05, 3.63) is 35.6 Å². The molecule has 1 aliphatic heterocycles. The Balaban J connectivity index is 1.70. The molecule has 1 atom stereocenters. The highest BCUT2D eigenvalue weighted by Crippen LogP contribution is 2.22. The SMILES string of the molecule is OCCOCCN1CCC[C@H](CCc2ccccc2F)C1. The van der Waals surface area contributed by atoms with Crippen LogP contribution in [0.15, 0.2) is 24.3 Å². The molecule has 0 saturated carbocycles. The number of benzene rings is 1. The quantitative estimate of drug-likeness (QED) is 0.748. The van der Waals surface area contributed by atoms with Crippen LogP contribution in [0.1, 0.15) is 24.8 Å². The first-order chi connectivity index (χ1) is 10.3. The second-order valence-electron chi connectivity index (χ2n) is 5.77. The van der Waals surface area contributed by atoms with Crippen LogP contribution in [0.5, 0.6) is 0 Å². The maximum absolute atomic E-state index is 13.6. The van der Waals surface area contributed by atoms with E-state index < -0.39 is 0 Å². The van der Waals surface area contributed by atoms with E-state index in [2.05, 4.69) is 4.90 Å². The predicted molar refractivity (Wildman–Crippen MR) is 81.8 cm³/mol. The summed E-state index contributed by atoms with van der Waals surface area (Å²) in [6.45, 7) is 4.32. The van der Waals surface area contributed by atoms with E-state index in [0.29, 0.717) is 19.1 Å². The van der Waals surface area contributed by atoms with Crippen LogP contribution >= 0.6 is 0 Å². The number of aliphatic hydroxyl groups is 1. The van der Waals surface area contributed by atoms with Gasteiger partial charge in [-0.3, -0.25) is 0 Å². The van der Waals surface area contributed by atoms with E-state index in [0.717, 1.165) is 38.0 Å². The molecule has 118 valence electrons. The first-order valence-corrected chi connectivity index (χ1v) is 7.94. The van der Waals surface area contributed by atoms with Crippen LogP contribution in [0.25, 0.3) is 0 Å². The van der Waals surface area contributed by atoms with E-state index in [9.17, 15) is 4.39 Å². The molecule has 1 N–H and O–H groups in total. The van der Waals surface area contributed by atoms with Crippen molar-refractivity contribution in [3.8, 4) is 0 Å². The highest BCUT2D eigenvalue weighted by atomic mass is 19.1. The summed E-state index contributed by atoms with van der Waals surface area (Å²) in [5.74, 6) is 0.568. The molecule has 1 aromatic rings. The molecule has 0 aromatic heterocycles. The summed E-state index contributed by atoms with van der Waals surface area (Å²) in [6, 6.07) is 7.08. The molecule has 2 rings (SSSR count). The average Bonchev–Trinajstić information content (AvgIpc) is 2.51. The van der Waals surface area contributed by atoms with Gasteiger partial charge in [0.25, 0.3) is 0 Å². The minimum Gasteiger partial charge on any atom is -0.394 e. The van der Waals surface area contributed by atoms with Gasteiger partial charge < -0.3 is 14.7 Å². The minimum absolute atomic E-state index is 0.0810. The zero-order valence-corrected chi connectivity index (χ0v) is 12.6. The molecule has 0 spiro atoms. The summed E-state index contributed by atoms with van der Waals surface area (Å²) in [5.41, 5.74) is 0.834. The Morgan fingerprint density at radius 1 is 1.29 bits per heavy atom. The molecule has 1 saturated heterocycles. The van der Waals surface area contributed by atoms with Gasteiger partial charge in [-0.25, -0.2) is 4.39 Å². The first-order valence-electron chi connectivity index (χ1n) is 7.94. The number of ether oxygens (including phenoxy) is 1. The molecular formula is C17H26FNO2. The van der Waals surface area contributed by atoms with Gasteiger partial charge in [-0.05, 0) is 49.8 Å². The van der Waals surface area contributed by atoms with Gasteiger partial charge in [0.15, 0.2) is 0 Å². The van der Waals surface area contributed by atoms with E-state index in [1.165, 1.54) is 12.8 Å². The second-order valence-corrected chi connectivity index (χ2v) is 5.77. The number of aliphatic hydroxyl groups excluding tert-OH is 1. The van der Waals surface area contributed by atoms with Crippen molar-refractivity contribution >= 4 is 0 Å². The smallest absolute Gasteiger partial charge is 0.126 e. The molecule has 3 nitrogen and oxygen atoms in total. The first kappa shape index (κ1) is 16.4. The van der Waals surface area contributed by atoms with Crippen molar-refractivity contribution < 1.29 is 14.2 Å². The molecule has 1 fully saturated rings. The molecule has 0 amide bonds. The van der Waals surface area contributed by atoms with Gasteiger partial charge in [0.1, 0.15) is 5.82 Å². The molecule has 4 heteroatoms. The zero-order chi connectivity index (χ0) is 14.9. The molecule has 1 aromatic carbocycles. The molecule has 0 aliphatic carbocycles. The topological polar surface area (TPSA) is 32.7 Å². The minimum atomic E-state index is -0.0810. The number of hydrogen-bond donors (Lipinski definition) is 1. The Morgan fingerprint density at radius 3 is 2.95 bits per heavy atom. The van der Waals surface area contributed by atoms with Gasteiger partial charge in [-0.1, -0.05) is 18.2 Å². The summed E-state index contributed by atoms with van der Waals surface area (Å²) in [6.07, 6.45) is 4.32. The zero-order valence-electron chi connectivity index (χ0n) is 12.6. The lowest BCUT2D eigenvalue weighted by atomic mass is 9.91. The Kier molecular flexibility index (Phi) is 7.13. The molecule has 0 radical (unpaired) electrons. The van der Waals surface area contributed by atoms with Gasteiger partial charge >= 0.3 is 0 Å². The molecular weight excluding hydrogens is 269 g/mol. The highest BCUT2D eigenvalue weighted by Gasteiger charge is 2.19. The van der Waals surface area contributed by atoms with E-state index in [-0.39, 0.29) is 12.4 Å². The van der Waals surface area contributed by atoms with Gasteiger partial charge in [-0.2, -0.15) is 0 Å². The second kappa shape index (κ2) is 9.13. The maximum Gasteiger partial charge on any atom is 0.126 e. The van der Waals surface area contributed by atoms with Crippen LogP contribution < -0.4 is 0 Å². The number of hydrogen-bond acceptors (Lipinski definition) is 3. The average molecular weight is 295 g/mol. The Morgan fingerprint density at radius 2 is 2.14 bits per heavy atom. The fourth-order valence-corrected chi connectivity index (χ4v) is 3.01. The molecule has 21 heavy (non-hydrogen) atoms. The lowest BCUT2D eigenvalue weighted by molar-refractivity contribution is 0.0618. The molecule has 1 heterocycles. The lowest BCUT2D eigenvalue weighted by Crippen LogP contribution is -2.37. The van der Waals surface area contributed by atoms with Crippen LogP contribution in [0.4, 0.5) is 4.39 Å². The summed E-state index contributed by atoms with van der Waals surface area (Å²) in [4.78, 5) is 2.42. The normalized spacial score (nSPS) is 19.8. The fourth-order valence-electron chi connectivity index (χ4n) is 3.01. The largest absolute Gasteiger partial charge is 0.394 e. The molecule has 0 bridgehead atoms. The number of rotatable bonds is 8. The van der Waals surface area contributed by atoms with Crippen molar-refractivity contribution in [3.63, 3.8) is 0 Å². The maximum atomic E-state index is 13.6. The van der Waals surface area contributed by atoms with E-state index in [1.807, 2.05) is 12.1 Å². The van der Waals surface area contributed by atoms with Gasteiger partial charge in [0, 0.05) is 13.1 Å². The van der Waals surface area contributed by atoms with E-state index in [4.69, 9.17) is 9.84 Å². The summed E-state index contributed by atoms with van der Waals surface area (Å²) >= 11 is 0. The van der Waals surface area contributed by atoms with Gasteiger partial charge in [0.2, 0.25) is 0 Å². The molecule has 1 aliphatic rings. The monoisotopic (exact) mass is 295 g/mol. The van der Waals surface area contributed by atoms with Gasteiger partial charge in [-0.15, -0.1) is 0 Å². The van der Waals surface area contributed by atoms with Crippen molar-refractivity contribution in [2.75, 3.05) is 39.5 Å². The van der Waals surface area contributed by atoms with Crippen LogP contribution in [0.3, 0.4) is 0 Å². The highest BCUT2D eigenvalue weighted by molar-refractivity contribution is 5.17. The third-order valence-corrected chi connectivity index (χ3v) is 4.17. The van der Waals surface area contributed by atoms with Crippen molar-refractivity contribution in [1.29, 1.82) is 0 Å². The fraction of sp³-hybridized carbons (Fsp3) is 0.647. The summed E-state index contributed by atoms with van der Waals surface area (Å²) in [5, 5.41) is 8.68. The number of aryl methyl sites for hydroxylation is 1. The predicted octanol–water partition coefficient (Wildman–Crippen LogP) is 2.48. The van der Waals surface area contributed by atoms with Crippen molar-refractivity contribution in [2.45, 2.75) is 25.7 Å². The van der Waals surface area contributed by atoms with Crippen molar-refractivity contribution in [2.24, 2.45) is 5.92 Å². The van der Waals surface area contributed by atoms with Crippen molar-refractivity contribution in [1.82, 2.24) is 4.90 Å². The Hall–Kier alpha value is -0.970. The van der Waals surface area contributed by atoms with Crippen LogP contribution in [0, 0.1) is 11.7 Å². The lowest BCUT2D eigenvalue weighted by Gasteiger charge is -2.32. The number of likely N-dealkylation sites (tertiary alicyclic amines) is 1. The van der Waals surface area contributed by atoms with Crippen LogP contribution in [-0.2, 0) is 11.2 Å². The Labute approximate surface area is 126 Å². The standard InChI is InChI=1S/C17H26FNO2/c18-17-6-2-1-5-16(17)8-7-15-4-3-9-19(14-15)10-12-21-13-11-20/h1-2,5-6,15,20H,3-4,7-14H2/t15-/m1/s1. The third-order valence-electron chi connectivity index (χ3n) is 4.17. The third kappa shape index (κ3) is 5.73. The summed E-state index contributed by atoms with van der Waals surface area (Å²) < 4.78 is 18.9. The number of halogens is 1. The van der Waals surface area contributed by atoms with Crippen LogP contribution in [0.2, 0.25) is 0 Å². The molecule has 0 unspecified atom stereocenters. The summed E-state index contributed by atoms with van der Waals surface area (Å²) in [7, 11) is 0. The Bertz CT molecular complexity index is 414.